The molecule has 8 nitrogen and oxygen atoms in total. The molecule has 0 aromatic rings. The third-order valence-electron chi connectivity index (χ3n) is 20.8. The van der Waals surface area contributed by atoms with Crippen molar-refractivity contribution < 1.29 is 55.4 Å². The molecule has 4 rings (SSSR count). The van der Waals surface area contributed by atoms with Crippen LogP contribution in [-0.4, -0.2) is 110 Å². The van der Waals surface area contributed by atoms with E-state index in [1.807, 2.05) is 62.3 Å². The van der Waals surface area contributed by atoms with Crippen LogP contribution in [0.25, 0.3) is 0 Å². The molecule has 0 aromatic carbocycles. The number of carbonyl (C=O) groups excluding carboxylic acids is 1. The number of halogens is 1. The van der Waals surface area contributed by atoms with E-state index in [1.165, 1.54) is 77.0 Å². The Hall–Kier alpha value is 0.910. The minimum Gasteiger partial charge on any atom is -1.00 e. The number of carbonyl (C=O) groups is 1. The standard InChI is InChI=1S/C30H58O4Si.C30H60O3Si.C4H10O.CH3.BrH.Mg/c1-11-33-26(31)16-13-20-29(7,21-14-19-28(5,6)32)25-18-17-23-24(15-12-22-30(23,25)8)34-35(9,10)27(2,3)4;1-26(2,3)34(10,11)33-24-15-12-22-30(9)23(24)16-17-25(30)29(8,20-13-18-27(4,5)31)21-14-19-28(6,7)32;1-3-5-4-2;;;/h23-25,32H,11-22H2,1-10H3;23-25,31-32H,12-22H2,1-11H3;3-4H2,1-2H3;1H3;1H;/q;;;-1;;+2/p-1/t23?,24-,25?,29?,30-;23?,24-,25?,30-;;;;/m00..../s1. The van der Waals surface area contributed by atoms with Gasteiger partial charge < -0.3 is 58.1 Å². The molecule has 4 fully saturated rings. The van der Waals surface area contributed by atoms with Gasteiger partial charge in [0.05, 0.1) is 23.4 Å². The van der Waals surface area contributed by atoms with Gasteiger partial charge in [0.2, 0.25) is 0 Å². The molecule has 77 heavy (non-hydrogen) atoms. The maximum Gasteiger partial charge on any atom is 2.00 e. The van der Waals surface area contributed by atoms with Gasteiger partial charge in [-0.3, -0.25) is 4.79 Å². The van der Waals surface area contributed by atoms with Crippen LogP contribution in [0.4, 0.5) is 0 Å². The molecule has 0 amide bonds. The molecular weight excluding hydrogens is 1070 g/mol. The molecule has 456 valence electrons. The number of fused-ring (bicyclic) bond motifs is 2. The van der Waals surface area contributed by atoms with E-state index in [1.54, 1.807) is 0 Å². The number of hydrogen-bond donors (Lipinski definition) is 3. The van der Waals surface area contributed by atoms with Crippen LogP contribution in [0.3, 0.4) is 0 Å². The Balaban J connectivity index is 0. The van der Waals surface area contributed by atoms with E-state index in [0.717, 1.165) is 71.0 Å². The van der Waals surface area contributed by atoms with E-state index in [4.69, 9.17) is 18.3 Å². The molecule has 4 aliphatic carbocycles. The van der Waals surface area contributed by atoms with Crippen LogP contribution in [0.2, 0.25) is 36.3 Å². The summed E-state index contributed by atoms with van der Waals surface area (Å²) in [6.45, 7) is 53.6. The van der Waals surface area contributed by atoms with Gasteiger partial charge in [-0.25, -0.2) is 0 Å². The van der Waals surface area contributed by atoms with Crippen LogP contribution in [0.15, 0.2) is 0 Å². The molecule has 0 spiro atoms. The van der Waals surface area contributed by atoms with Gasteiger partial charge in [-0.1, -0.05) is 101 Å². The van der Waals surface area contributed by atoms with E-state index in [9.17, 15) is 20.1 Å². The second-order valence-electron chi connectivity index (χ2n) is 30.8. The summed E-state index contributed by atoms with van der Waals surface area (Å²) in [6, 6.07) is 0. The molecule has 0 aliphatic heterocycles. The predicted molar refractivity (Wildman–Crippen MR) is 332 cm³/mol. The van der Waals surface area contributed by atoms with E-state index < -0.39 is 33.4 Å². The number of hydrogen-bond acceptors (Lipinski definition) is 8. The summed E-state index contributed by atoms with van der Waals surface area (Å²) >= 11 is 0. The molecule has 5 unspecified atom stereocenters. The number of esters is 1. The Morgan fingerprint density at radius 3 is 1.08 bits per heavy atom. The third kappa shape index (κ3) is 24.4. The van der Waals surface area contributed by atoms with Gasteiger partial charge in [-0.2, -0.15) is 0 Å². The van der Waals surface area contributed by atoms with E-state index >= 15 is 0 Å². The maximum atomic E-state index is 12.1. The molecule has 12 heteroatoms. The van der Waals surface area contributed by atoms with Crippen LogP contribution in [0, 0.1) is 52.8 Å². The van der Waals surface area contributed by atoms with Gasteiger partial charge in [0.15, 0.2) is 16.6 Å². The minimum absolute atomic E-state index is 0. The van der Waals surface area contributed by atoms with Crippen LogP contribution in [0.5, 0.6) is 0 Å². The molecule has 0 radical (unpaired) electrons. The summed E-state index contributed by atoms with van der Waals surface area (Å²) in [5.74, 6) is 2.56. The second-order valence-corrected chi connectivity index (χ2v) is 40.4. The Bertz CT molecular complexity index is 1620. The quantitative estimate of drug-likeness (QED) is 0.0471. The smallest absolute Gasteiger partial charge is 1.00 e. The van der Waals surface area contributed by atoms with Gasteiger partial charge in [0, 0.05) is 31.8 Å². The zero-order valence-electron chi connectivity index (χ0n) is 55.6. The Kier molecular flexibility index (Phi) is 33.7. The summed E-state index contributed by atoms with van der Waals surface area (Å²) in [5, 5.41) is 31.6. The molecule has 9 atom stereocenters. The first-order valence-electron chi connectivity index (χ1n) is 30.8. The Morgan fingerprint density at radius 2 is 0.818 bits per heavy atom. The van der Waals surface area contributed by atoms with Crippen LogP contribution >= 0.6 is 0 Å². The molecule has 0 saturated heterocycles. The maximum absolute atomic E-state index is 12.1. The topological polar surface area (TPSA) is 115 Å². The molecule has 4 aliphatic rings. The van der Waals surface area contributed by atoms with Crippen molar-refractivity contribution in [3.05, 3.63) is 7.43 Å². The molecule has 3 N–H and O–H groups in total. The van der Waals surface area contributed by atoms with Gasteiger partial charge in [0.1, 0.15) is 0 Å². The predicted octanol–water partition coefficient (Wildman–Crippen LogP) is 14.9. The van der Waals surface area contributed by atoms with Gasteiger partial charge in [-0.05, 0) is 247 Å². The monoisotopic (exact) mass is 1200 g/mol. The van der Waals surface area contributed by atoms with Gasteiger partial charge >= 0.3 is 29.0 Å². The number of aliphatic hydroxyl groups is 3. The summed E-state index contributed by atoms with van der Waals surface area (Å²) in [5.41, 5.74) is -0.770. The van der Waals surface area contributed by atoms with E-state index in [-0.39, 0.29) is 74.3 Å². The fourth-order valence-corrected chi connectivity index (χ4v) is 17.5. The number of ether oxygens (including phenoxy) is 2. The van der Waals surface area contributed by atoms with Crippen LogP contribution in [-0.2, 0) is 23.1 Å². The van der Waals surface area contributed by atoms with Crippen molar-refractivity contribution in [3.8, 4) is 0 Å². The van der Waals surface area contributed by atoms with Crippen molar-refractivity contribution in [3.63, 3.8) is 0 Å². The van der Waals surface area contributed by atoms with Gasteiger partial charge in [-0.15, -0.1) is 0 Å². The average molecular weight is 1200 g/mol. The van der Waals surface area contributed by atoms with Crippen molar-refractivity contribution in [2.24, 2.45) is 45.3 Å². The van der Waals surface area contributed by atoms with Crippen LogP contribution in [0.1, 0.15) is 273 Å². The molecule has 0 bridgehead atoms. The summed E-state index contributed by atoms with van der Waals surface area (Å²) in [4.78, 5) is 12.1. The number of rotatable bonds is 25. The van der Waals surface area contributed by atoms with Crippen LogP contribution < -0.4 is 17.0 Å². The van der Waals surface area contributed by atoms with Crippen molar-refractivity contribution >= 4 is 45.7 Å². The molecule has 0 aromatic heterocycles. The first-order valence-corrected chi connectivity index (χ1v) is 36.6. The third-order valence-corrected chi connectivity index (χ3v) is 29.8. The summed E-state index contributed by atoms with van der Waals surface area (Å²) in [6.07, 6.45) is 25.1. The van der Waals surface area contributed by atoms with Crippen molar-refractivity contribution in [2.45, 2.75) is 338 Å². The molecule has 0 heterocycles. The zero-order chi connectivity index (χ0) is 57.0. The minimum atomic E-state index is -1.82. The first kappa shape index (κ1) is 80.0. The normalized spacial score (nSPS) is 26.9. The van der Waals surface area contributed by atoms with E-state index in [2.05, 4.69) is 95.4 Å². The first-order chi connectivity index (χ1) is 33.6. The second kappa shape index (κ2) is 32.4. The molecule has 4 saturated carbocycles. The van der Waals surface area contributed by atoms with Gasteiger partial charge in [0.25, 0.3) is 0 Å². The Morgan fingerprint density at radius 1 is 0.506 bits per heavy atom. The van der Waals surface area contributed by atoms with Crippen molar-refractivity contribution in [1.29, 1.82) is 0 Å². The summed E-state index contributed by atoms with van der Waals surface area (Å²) in [7, 11) is -3.61. The molecular formula is C65H131BrMgO8Si2. The average Bonchev–Trinajstić information content (AvgIpc) is 3.78. The van der Waals surface area contributed by atoms with Crippen molar-refractivity contribution in [2.75, 3.05) is 19.8 Å². The fourth-order valence-electron chi connectivity index (χ4n) is 14.7. The van der Waals surface area contributed by atoms with E-state index in [0.29, 0.717) is 59.7 Å². The zero-order valence-corrected chi connectivity index (χ0v) is 60.6. The largest absolute Gasteiger partial charge is 2.00 e. The fraction of sp³-hybridized carbons (Fsp3) is 0.969. The SMILES string of the molecule is CC(C)(O)CCCC(C)(CCCC(C)(C)O)C1CCC2[C@@H](O[Si](C)(C)C(C)(C)C)CCC[C@@]21C.CCOC(=O)CCCC(C)(CCCC(C)(C)O)C1CCC2[C@@H](O[Si](C)(C)C(C)(C)C)CCC[C@@]21C.CCOCC.[Br-].[CH3-].[Mg+2]. The summed E-state index contributed by atoms with van der Waals surface area (Å²) < 4.78 is 24.3. The Labute approximate surface area is 508 Å². The van der Waals surface area contributed by atoms with Crippen molar-refractivity contribution in [1.82, 2.24) is 0 Å².